The van der Waals surface area contributed by atoms with Crippen LogP contribution in [0.5, 0.6) is 5.75 Å². The zero-order valence-electron chi connectivity index (χ0n) is 19.3. The molecule has 34 heavy (non-hydrogen) atoms. The van der Waals surface area contributed by atoms with Crippen LogP contribution in [-0.4, -0.2) is 64.9 Å². The van der Waals surface area contributed by atoms with Crippen molar-refractivity contribution in [3.8, 4) is 5.75 Å². The van der Waals surface area contributed by atoms with E-state index in [1.807, 2.05) is 0 Å². The van der Waals surface area contributed by atoms with E-state index in [-0.39, 0.29) is 25.4 Å². The molecule has 1 fully saturated rings. The molecular formula is C24H34ClN3O6. The van der Waals surface area contributed by atoms with Crippen molar-refractivity contribution in [2.45, 2.75) is 70.0 Å². The van der Waals surface area contributed by atoms with E-state index in [1.165, 1.54) is 6.42 Å². The number of amides is 3. The summed E-state index contributed by atoms with van der Waals surface area (Å²) in [5.74, 6) is 0.417. The van der Waals surface area contributed by atoms with Gasteiger partial charge in [0.25, 0.3) is 0 Å². The number of halogens is 1. The van der Waals surface area contributed by atoms with E-state index in [1.54, 1.807) is 23.1 Å². The van der Waals surface area contributed by atoms with Crippen molar-refractivity contribution in [1.82, 2.24) is 15.5 Å². The van der Waals surface area contributed by atoms with Crippen molar-refractivity contribution >= 4 is 29.5 Å². The number of carboxylic acid groups (broad SMARTS) is 1. The Morgan fingerprint density at radius 1 is 1.18 bits per heavy atom. The molecule has 0 spiro atoms. The first-order valence-electron chi connectivity index (χ1n) is 12.0. The minimum atomic E-state index is -1.25. The summed E-state index contributed by atoms with van der Waals surface area (Å²) in [6.07, 6.45) is 4.86. The highest BCUT2D eigenvalue weighted by Crippen LogP contribution is 2.28. The molecule has 9 nitrogen and oxygen atoms in total. The highest BCUT2D eigenvalue weighted by atomic mass is 35.5. The van der Waals surface area contributed by atoms with Gasteiger partial charge in [-0.2, -0.15) is 0 Å². The van der Waals surface area contributed by atoms with Gasteiger partial charge in [0, 0.05) is 23.6 Å². The van der Waals surface area contributed by atoms with Gasteiger partial charge in [-0.25, -0.2) is 4.79 Å². The number of hydrogen-bond acceptors (Lipinski definition) is 5. The number of carbonyl (C=O) groups is 3. The number of hydrogen-bond donors (Lipinski definition) is 4. The molecule has 1 saturated carbocycles. The highest BCUT2D eigenvalue weighted by Gasteiger charge is 2.28. The molecule has 0 radical (unpaired) electrons. The van der Waals surface area contributed by atoms with Crippen LogP contribution >= 0.6 is 11.6 Å². The molecule has 4 N–H and O–H groups in total. The van der Waals surface area contributed by atoms with E-state index in [0.717, 1.165) is 31.2 Å². The number of ether oxygens (including phenoxy) is 1. The van der Waals surface area contributed by atoms with E-state index in [4.69, 9.17) is 16.3 Å². The zero-order valence-corrected chi connectivity index (χ0v) is 20.1. The molecule has 2 atom stereocenters. The van der Waals surface area contributed by atoms with Crippen molar-refractivity contribution < 1.29 is 29.3 Å². The third-order valence-electron chi connectivity index (χ3n) is 6.54. The van der Waals surface area contributed by atoms with Crippen LogP contribution in [0.4, 0.5) is 4.79 Å². The Kier molecular flexibility index (Phi) is 9.83. The molecule has 3 amide bonds. The van der Waals surface area contributed by atoms with Crippen molar-refractivity contribution in [2.75, 3.05) is 19.8 Å². The van der Waals surface area contributed by atoms with Gasteiger partial charge in [0.1, 0.15) is 18.4 Å². The van der Waals surface area contributed by atoms with Crippen LogP contribution in [0, 0.1) is 5.92 Å². The molecule has 1 aromatic rings. The lowest BCUT2D eigenvalue weighted by Crippen LogP contribution is -2.51. The summed E-state index contributed by atoms with van der Waals surface area (Å²) in [7, 11) is 0. The smallest absolute Gasteiger partial charge is 0.405 e. The average molecular weight is 496 g/mol. The number of benzene rings is 1. The maximum absolute atomic E-state index is 12.8. The maximum atomic E-state index is 12.8. The Morgan fingerprint density at radius 2 is 1.94 bits per heavy atom. The van der Waals surface area contributed by atoms with Crippen LogP contribution in [0.2, 0.25) is 5.02 Å². The Labute approximate surface area is 204 Å². The summed E-state index contributed by atoms with van der Waals surface area (Å²) >= 11 is 6.08. The SMILES string of the molecule is O=C(O)N[C@@H](CC1CCCCC1)C(=O)N[C@H](CO)CCC(=O)N1CCOc2ccc(Cl)cc2C1. The van der Waals surface area contributed by atoms with Crippen LogP contribution < -0.4 is 15.4 Å². The second-order valence-corrected chi connectivity index (χ2v) is 9.52. The normalized spacial score (nSPS) is 18.1. The van der Waals surface area contributed by atoms with Gasteiger partial charge >= 0.3 is 6.09 Å². The molecule has 1 aliphatic carbocycles. The van der Waals surface area contributed by atoms with E-state index in [0.29, 0.717) is 42.8 Å². The van der Waals surface area contributed by atoms with Crippen LogP contribution in [0.25, 0.3) is 0 Å². The minimum Gasteiger partial charge on any atom is -0.491 e. The van der Waals surface area contributed by atoms with Crippen molar-refractivity contribution in [3.05, 3.63) is 28.8 Å². The molecule has 0 aromatic heterocycles. The Hall–Kier alpha value is -2.52. The van der Waals surface area contributed by atoms with Gasteiger partial charge in [-0.1, -0.05) is 43.7 Å². The predicted molar refractivity (Wildman–Crippen MR) is 127 cm³/mol. The number of aliphatic hydroxyl groups excluding tert-OH is 1. The molecule has 2 aliphatic rings. The molecule has 3 rings (SSSR count). The Bertz CT molecular complexity index is 861. The molecule has 1 aliphatic heterocycles. The van der Waals surface area contributed by atoms with Gasteiger partial charge < -0.3 is 30.5 Å². The topological polar surface area (TPSA) is 128 Å². The minimum absolute atomic E-state index is 0.119. The molecular weight excluding hydrogens is 462 g/mol. The molecule has 0 bridgehead atoms. The number of fused-ring (bicyclic) bond motifs is 1. The average Bonchev–Trinajstić information content (AvgIpc) is 3.03. The lowest BCUT2D eigenvalue weighted by atomic mass is 9.84. The van der Waals surface area contributed by atoms with Crippen LogP contribution in [-0.2, 0) is 16.1 Å². The molecule has 0 unspecified atom stereocenters. The van der Waals surface area contributed by atoms with Gasteiger partial charge in [0.15, 0.2) is 0 Å². The van der Waals surface area contributed by atoms with Crippen molar-refractivity contribution in [1.29, 1.82) is 0 Å². The van der Waals surface area contributed by atoms with Gasteiger partial charge in [0.2, 0.25) is 11.8 Å². The first kappa shape index (κ1) is 26.1. The summed E-state index contributed by atoms with van der Waals surface area (Å²) in [4.78, 5) is 38.6. The van der Waals surface area contributed by atoms with Crippen LogP contribution in [0.1, 0.15) is 56.9 Å². The Morgan fingerprint density at radius 3 is 2.65 bits per heavy atom. The van der Waals surface area contributed by atoms with Gasteiger partial charge in [-0.05, 0) is 37.0 Å². The fourth-order valence-corrected chi connectivity index (χ4v) is 4.87. The van der Waals surface area contributed by atoms with Gasteiger partial charge in [-0.15, -0.1) is 0 Å². The van der Waals surface area contributed by atoms with Crippen molar-refractivity contribution in [2.24, 2.45) is 5.92 Å². The molecule has 10 heteroatoms. The predicted octanol–water partition coefficient (Wildman–Crippen LogP) is 2.92. The first-order chi connectivity index (χ1) is 16.4. The number of nitrogens with zero attached hydrogens (tertiary/aromatic N) is 1. The largest absolute Gasteiger partial charge is 0.491 e. The summed E-state index contributed by atoms with van der Waals surface area (Å²) in [6.45, 7) is 0.818. The van der Waals surface area contributed by atoms with Gasteiger partial charge in [0.05, 0.1) is 19.2 Å². The highest BCUT2D eigenvalue weighted by molar-refractivity contribution is 6.30. The molecule has 0 saturated heterocycles. The molecule has 1 heterocycles. The Balaban J connectivity index is 1.53. The number of carbonyl (C=O) groups excluding carboxylic acids is 2. The fraction of sp³-hybridized carbons (Fsp3) is 0.625. The van der Waals surface area contributed by atoms with Crippen LogP contribution in [0.15, 0.2) is 18.2 Å². The van der Waals surface area contributed by atoms with Crippen LogP contribution in [0.3, 0.4) is 0 Å². The first-order valence-corrected chi connectivity index (χ1v) is 12.3. The second-order valence-electron chi connectivity index (χ2n) is 9.08. The molecule has 188 valence electrons. The summed E-state index contributed by atoms with van der Waals surface area (Å²) in [5, 5.41) is 24.6. The van der Waals surface area contributed by atoms with Crippen molar-refractivity contribution in [3.63, 3.8) is 0 Å². The maximum Gasteiger partial charge on any atom is 0.405 e. The number of rotatable bonds is 9. The fourth-order valence-electron chi connectivity index (χ4n) is 4.68. The standard InChI is InChI=1S/C24H34ClN3O6/c25-18-6-8-21-17(13-18)14-28(10-11-34-21)22(30)9-7-19(15-29)26-23(31)20(27-24(32)33)12-16-4-2-1-3-5-16/h6,8,13,16,19-20,27,29H,1-5,7,9-12,14-15H2,(H,26,31)(H,32,33)/t19-,20-/m0/s1. The zero-order chi connectivity index (χ0) is 24.5. The van der Waals surface area contributed by atoms with E-state index < -0.39 is 24.1 Å². The summed E-state index contributed by atoms with van der Waals surface area (Å²) in [6, 6.07) is 3.78. The van der Waals surface area contributed by atoms with E-state index in [2.05, 4.69) is 10.6 Å². The van der Waals surface area contributed by atoms with E-state index >= 15 is 0 Å². The lowest BCUT2D eigenvalue weighted by Gasteiger charge is -2.27. The van der Waals surface area contributed by atoms with Gasteiger partial charge in [-0.3, -0.25) is 9.59 Å². The lowest BCUT2D eigenvalue weighted by molar-refractivity contribution is -0.132. The summed E-state index contributed by atoms with van der Waals surface area (Å²) < 4.78 is 5.70. The summed E-state index contributed by atoms with van der Waals surface area (Å²) in [5.41, 5.74) is 0.829. The quantitative estimate of drug-likeness (QED) is 0.417. The van der Waals surface area contributed by atoms with E-state index in [9.17, 15) is 24.6 Å². The third-order valence-corrected chi connectivity index (χ3v) is 6.77. The number of nitrogens with one attached hydrogen (secondary N) is 2. The number of aliphatic hydroxyl groups is 1. The second kappa shape index (κ2) is 12.8. The monoisotopic (exact) mass is 495 g/mol. The molecule has 1 aromatic carbocycles. The third kappa shape index (κ3) is 7.77.